The predicted octanol–water partition coefficient (Wildman–Crippen LogP) is 1.83. The third-order valence-corrected chi connectivity index (χ3v) is 3.41. The first-order valence-electron chi connectivity index (χ1n) is 6.33. The molecule has 1 fully saturated rings. The van der Waals surface area contributed by atoms with Crippen molar-refractivity contribution in [2.45, 2.75) is 31.7 Å². The second-order valence-corrected chi connectivity index (χ2v) is 4.73. The number of carboxylic acid groups (broad SMARTS) is 1. The molecule has 1 heterocycles. The number of carbonyl (C=O) groups excluding carboxylic acids is 1. The second-order valence-electron chi connectivity index (χ2n) is 4.73. The Morgan fingerprint density at radius 1 is 1.35 bits per heavy atom. The highest BCUT2D eigenvalue weighted by Crippen LogP contribution is 2.25. The molecule has 1 saturated carbocycles. The molecule has 0 aromatic carbocycles. The molecule has 2 rings (SSSR count). The van der Waals surface area contributed by atoms with Crippen molar-refractivity contribution in [1.29, 1.82) is 0 Å². The summed E-state index contributed by atoms with van der Waals surface area (Å²) in [7, 11) is 0. The average molecular weight is 284 g/mol. The fraction of sp³-hybridized carbons (Fsp3) is 0.462. The summed E-state index contributed by atoms with van der Waals surface area (Å²) in [4.78, 5) is 27.4. The molecule has 0 spiro atoms. The number of aromatic nitrogens is 1. The van der Waals surface area contributed by atoms with Gasteiger partial charge in [0.15, 0.2) is 5.82 Å². The molecule has 0 radical (unpaired) electrons. The smallest absolute Gasteiger partial charge is 0.323 e. The Hall–Kier alpha value is -2.05. The van der Waals surface area contributed by atoms with Gasteiger partial charge in [-0.15, -0.1) is 0 Å². The van der Waals surface area contributed by atoms with Crippen molar-refractivity contribution in [1.82, 2.24) is 9.88 Å². The quantitative estimate of drug-likeness (QED) is 0.856. The average Bonchev–Trinajstić information content (AvgIpc) is 2.92. The summed E-state index contributed by atoms with van der Waals surface area (Å²) >= 11 is 0. The van der Waals surface area contributed by atoms with Crippen molar-refractivity contribution in [3.05, 3.63) is 29.6 Å². The lowest BCUT2D eigenvalue weighted by Crippen LogP contribution is -2.42. The number of rotatable bonds is 4. The van der Waals surface area contributed by atoms with Crippen LogP contribution in [0.1, 0.15) is 36.0 Å². The summed E-state index contributed by atoms with van der Waals surface area (Å²) in [6.07, 6.45) is 4.12. The molecule has 0 atom stereocenters. The molecule has 0 saturated heterocycles. The minimum Gasteiger partial charge on any atom is -0.480 e. The molecule has 0 bridgehead atoms. The van der Waals surface area contributed by atoms with Gasteiger partial charge >= 0.3 is 5.97 Å². The van der Waals surface area contributed by atoms with Gasteiger partial charge in [0.25, 0.3) is 5.91 Å². The number of pyridine rings is 1. The minimum absolute atomic E-state index is 0.241. The third kappa shape index (κ3) is 2.92. The zero-order chi connectivity index (χ0) is 14.7. The van der Waals surface area contributed by atoms with Gasteiger partial charge in [-0.2, -0.15) is 4.39 Å². The third-order valence-electron chi connectivity index (χ3n) is 3.41. The zero-order valence-electron chi connectivity index (χ0n) is 10.7. The van der Waals surface area contributed by atoms with Crippen LogP contribution in [0.5, 0.6) is 0 Å². The Kier molecular flexibility index (Phi) is 4.26. The van der Waals surface area contributed by atoms with Crippen LogP contribution in [-0.4, -0.2) is 39.5 Å². The van der Waals surface area contributed by atoms with Crippen molar-refractivity contribution < 1.29 is 23.5 Å². The first-order valence-corrected chi connectivity index (χ1v) is 6.33. The highest BCUT2D eigenvalue weighted by molar-refractivity contribution is 5.96. The molecule has 1 aliphatic rings. The number of nitrogens with zero attached hydrogens (tertiary/aromatic N) is 2. The van der Waals surface area contributed by atoms with E-state index in [-0.39, 0.29) is 6.04 Å². The molecular weight excluding hydrogens is 270 g/mol. The molecule has 0 unspecified atom stereocenters. The number of halogens is 2. The lowest BCUT2D eigenvalue weighted by molar-refractivity contribution is -0.138. The monoisotopic (exact) mass is 284 g/mol. The van der Waals surface area contributed by atoms with E-state index >= 15 is 0 Å². The molecule has 20 heavy (non-hydrogen) atoms. The predicted molar refractivity (Wildman–Crippen MR) is 65.1 cm³/mol. The Morgan fingerprint density at radius 3 is 2.60 bits per heavy atom. The van der Waals surface area contributed by atoms with E-state index in [0.717, 1.165) is 30.0 Å². The Bertz CT molecular complexity index is 530. The Labute approximate surface area is 114 Å². The minimum atomic E-state index is -1.36. The van der Waals surface area contributed by atoms with Crippen LogP contribution in [0.25, 0.3) is 0 Å². The molecule has 1 aromatic heterocycles. The van der Waals surface area contributed by atoms with Crippen LogP contribution >= 0.6 is 0 Å². The summed E-state index contributed by atoms with van der Waals surface area (Å²) in [6.45, 7) is -0.521. The van der Waals surface area contributed by atoms with Gasteiger partial charge in [0.1, 0.15) is 6.54 Å². The largest absolute Gasteiger partial charge is 0.480 e. The molecule has 1 aliphatic carbocycles. The van der Waals surface area contributed by atoms with Gasteiger partial charge in [-0.3, -0.25) is 9.59 Å². The van der Waals surface area contributed by atoms with E-state index in [0.29, 0.717) is 12.8 Å². The van der Waals surface area contributed by atoms with Crippen molar-refractivity contribution in [2.24, 2.45) is 0 Å². The van der Waals surface area contributed by atoms with Gasteiger partial charge in [-0.1, -0.05) is 12.8 Å². The summed E-state index contributed by atoms with van der Waals surface area (Å²) < 4.78 is 26.7. The van der Waals surface area contributed by atoms with Crippen LogP contribution in [0.2, 0.25) is 0 Å². The van der Waals surface area contributed by atoms with E-state index in [1.54, 1.807) is 0 Å². The number of carbonyl (C=O) groups is 2. The van der Waals surface area contributed by atoms with Gasteiger partial charge in [0, 0.05) is 12.2 Å². The zero-order valence-corrected chi connectivity index (χ0v) is 10.7. The first-order chi connectivity index (χ1) is 9.50. The Morgan fingerprint density at radius 2 is 2.00 bits per heavy atom. The number of carboxylic acids is 1. The van der Waals surface area contributed by atoms with Crippen molar-refractivity contribution in [2.75, 3.05) is 6.54 Å². The van der Waals surface area contributed by atoms with Crippen LogP contribution in [0.3, 0.4) is 0 Å². The molecule has 1 N–H and O–H groups in total. The van der Waals surface area contributed by atoms with Gasteiger partial charge in [-0.25, -0.2) is 9.37 Å². The number of hydrogen-bond donors (Lipinski definition) is 1. The second kappa shape index (κ2) is 5.94. The Balaban J connectivity index is 2.29. The normalized spacial score (nSPS) is 15.3. The van der Waals surface area contributed by atoms with Gasteiger partial charge < -0.3 is 10.0 Å². The number of amides is 1. The molecular formula is C13H14F2N2O3. The number of aliphatic carboxylic acids is 1. The molecule has 7 heteroatoms. The topological polar surface area (TPSA) is 70.5 Å². The lowest BCUT2D eigenvalue weighted by atomic mass is 10.1. The fourth-order valence-electron chi connectivity index (χ4n) is 2.47. The van der Waals surface area contributed by atoms with E-state index in [1.165, 1.54) is 0 Å². The molecule has 1 aromatic rings. The van der Waals surface area contributed by atoms with E-state index in [4.69, 9.17) is 5.11 Å². The van der Waals surface area contributed by atoms with E-state index in [9.17, 15) is 18.4 Å². The van der Waals surface area contributed by atoms with Crippen LogP contribution in [0, 0.1) is 11.8 Å². The van der Waals surface area contributed by atoms with Crippen LogP contribution in [0.4, 0.5) is 8.78 Å². The van der Waals surface area contributed by atoms with Gasteiger partial charge in [0.05, 0.1) is 5.56 Å². The van der Waals surface area contributed by atoms with Crippen LogP contribution in [-0.2, 0) is 4.79 Å². The first kappa shape index (κ1) is 14.4. The van der Waals surface area contributed by atoms with E-state index < -0.39 is 35.7 Å². The standard InChI is InChI=1S/C13H14F2N2O3/c14-11-9(5-6-16-12(11)15)13(20)17(7-10(18)19)8-3-1-2-4-8/h5-6,8H,1-4,7H2,(H,18,19). The highest BCUT2D eigenvalue weighted by Gasteiger charge is 2.31. The maximum atomic E-state index is 13.6. The van der Waals surface area contributed by atoms with E-state index in [2.05, 4.69) is 4.98 Å². The summed E-state index contributed by atoms with van der Waals surface area (Å²) in [6, 6.07) is 0.819. The fourth-order valence-corrected chi connectivity index (χ4v) is 2.47. The van der Waals surface area contributed by atoms with E-state index in [1.807, 2.05) is 0 Å². The molecule has 0 aliphatic heterocycles. The summed E-state index contributed by atoms with van der Waals surface area (Å²) in [5, 5.41) is 8.89. The SMILES string of the molecule is O=C(O)CN(C(=O)c1ccnc(F)c1F)C1CCCC1. The summed E-state index contributed by atoms with van der Waals surface area (Å²) in [5.74, 6) is -4.69. The number of hydrogen-bond acceptors (Lipinski definition) is 3. The highest BCUT2D eigenvalue weighted by atomic mass is 19.2. The summed E-state index contributed by atoms with van der Waals surface area (Å²) in [5.41, 5.74) is -0.481. The van der Waals surface area contributed by atoms with Gasteiger partial charge in [-0.05, 0) is 18.9 Å². The molecule has 5 nitrogen and oxygen atoms in total. The van der Waals surface area contributed by atoms with Crippen molar-refractivity contribution in [3.63, 3.8) is 0 Å². The maximum Gasteiger partial charge on any atom is 0.323 e. The van der Waals surface area contributed by atoms with Crippen LogP contribution in [0.15, 0.2) is 12.3 Å². The lowest BCUT2D eigenvalue weighted by Gasteiger charge is -2.27. The van der Waals surface area contributed by atoms with Crippen molar-refractivity contribution in [3.8, 4) is 0 Å². The van der Waals surface area contributed by atoms with Gasteiger partial charge in [0.2, 0.25) is 5.95 Å². The van der Waals surface area contributed by atoms with Crippen molar-refractivity contribution >= 4 is 11.9 Å². The molecule has 108 valence electrons. The van der Waals surface area contributed by atoms with Crippen LogP contribution < -0.4 is 0 Å². The maximum absolute atomic E-state index is 13.6. The molecule has 1 amide bonds.